The number of carbonyl (C=O) groups is 1. The molecule has 0 unspecified atom stereocenters. The third kappa shape index (κ3) is 7.29. The lowest BCUT2D eigenvalue weighted by Gasteiger charge is -2.35. The number of carbonyl (C=O) groups excluding carboxylic acids is 1. The van der Waals surface area contributed by atoms with Crippen molar-refractivity contribution in [2.45, 2.75) is 58.3 Å². The van der Waals surface area contributed by atoms with E-state index >= 15 is 0 Å². The van der Waals surface area contributed by atoms with Crippen molar-refractivity contribution in [1.82, 2.24) is 29.3 Å². The average molecular weight is 654 g/mol. The minimum absolute atomic E-state index is 0.226. The Labute approximate surface area is 273 Å². The number of nitrogens with zero attached hydrogens (tertiary/aromatic N) is 6. The van der Waals surface area contributed by atoms with Gasteiger partial charge in [-0.1, -0.05) is 53.5 Å². The van der Waals surface area contributed by atoms with Crippen molar-refractivity contribution in [3.05, 3.63) is 64.4 Å². The van der Waals surface area contributed by atoms with Gasteiger partial charge in [-0.2, -0.15) is 4.98 Å². The van der Waals surface area contributed by atoms with Gasteiger partial charge < -0.3 is 23.7 Å². The van der Waals surface area contributed by atoms with Gasteiger partial charge in [0.05, 0.1) is 11.6 Å². The van der Waals surface area contributed by atoms with E-state index in [4.69, 9.17) is 42.4 Å². The van der Waals surface area contributed by atoms with Gasteiger partial charge in [0.15, 0.2) is 11.2 Å². The highest BCUT2D eigenvalue weighted by molar-refractivity contribution is 6.44. The van der Waals surface area contributed by atoms with Gasteiger partial charge in [-0.3, -0.25) is 4.90 Å². The summed E-state index contributed by atoms with van der Waals surface area (Å²) < 4.78 is 19.8. The zero-order valence-corrected chi connectivity index (χ0v) is 27.6. The monoisotopic (exact) mass is 652 g/mol. The van der Waals surface area contributed by atoms with Gasteiger partial charge in [-0.15, -0.1) is 0 Å². The largest absolute Gasteiger partial charge is 0.491 e. The topological polar surface area (TPSA) is 94.8 Å². The van der Waals surface area contributed by atoms with Gasteiger partial charge in [0.1, 0.15) is 40.7 Å². The molecule has 4 aromatic rings. The van der Waals surface area contributed by atoms with Crippen LogP contribution in [0.1, 0.15) is 46.1 Å². The molecule has 1 saturated heterocycles. The first-order chi connectivity index (χ1) is 21.5. The summed E-state index contributed by atoms with van der Waals surface area (Å²) >= 11 is 13.7. The minimum Gasteiger partial charge on any atom is -0.491 e. The van der Waals surface area contributed by atoms with Crippen LogP contribution in [-0.2, 0) is 11.3 Å². The van der Waals surface area contributed by atoms with E-state index in [1.54, 1.807) is 4.90 Å². The number of amides is 1. The highest BCUT2D eigenvalue weighted by Crippen LogP contribution is 2.43. The van der Waals surface area contributed by atoms with E-state index in [2.05, 4.69) is 33.9 Å². The predicted octanol–water partition coefficient (Wildman–Crippen LogP) is 6.71. The van der Waals surface area contributed by atoms with E-state index in [-0.39, 0.29) is 11.7 Å². The van der Waals surface area contributed by atoms with E-state index in [9.17, 15) is 4.79 Å². The number of hydrogen-bond donors (Lipinski definition) is 0. The van der Waals surface area contributed by atoms with E-state index < -0.39 is 5.60 Å². The van der Waals surface area contributed by atoms with Crippen molar-refractivity contribution >= 4 is 40.5 Å². The van der Waals surface area contributed by atoms with Crippen molar-refractivity contribution in [1.29, 1.82) is 0 Å². The molecule has 1 aliphatic carbocycles. The summed E-state index contributed by atoms with van der Waals surface area (Å²) in [6.07, 6.45) is 3.19. The molecule has 1 amide bonds. The van der Waals surface area contributed by atoms with Gasteiger partial charge in [0, 0.05) is 38.3 Å². The number of rotatable bonds is 9. The van der Waals surface area contributed by atoms with Crippen LogP contribution in [0, 0.1) is 0 Å². The minimum atomic E-state index is -0.507. The summed E-state index contributed by atoms with van der Waals surface area (Å²) in [6.45, 7) is 12.0. The van der Waals surface area contributed by atoms with E-state index in [1.165, 1.54) is 6.33 Å². The standard InChI is InChI=1S/C33H38Cl2N6O4/c1-32(2,3)45-31(42)40-16-14-39(15-17-40)18-19-43-24-11-10-23(25(34)26(24)35)28-38-27-29(41(28)20-22-8-6-5-7-9-22)36-21-37-30(27)44-33(4)12-13-33/h5-11,21H,12-20H2,1-4H3. The third-order valence-corrected chi connectivity index (χ3v) is 8.82. The first-order valence-electron chi connectivity index (χ1n) is 15.3. The maximum Gasteiger partial charge on any atom is 0.410 e. The number of aromatic nitrogens is 4. The maximum absolute atomic E-state index is 12.4. The number of hydrogen-bond acceptors (Lipinski definition) is 8. The summed E-state index contributed by atoms with van der Waals surface area (Å²) in [5.41, 5.74) is 2.24. The summed E-state index contributed by atoms with van der Waals surface area (Å²) in [5, 5.41) is 0.657. The second kappa shape index (κ2) is 12.7. The summed E-state index contributed by atoms with van der Waals surface area (Å²) in [5.74, 6) is 1.57. The van der Waals surface area contributed by atoms with Crippen LogP contribution >= 0.6 is 23.2 Å². The van der Waals surface area contributed by atoms with Crippen molar-refractivity contribution in [3.8, 4) is 23.0 Å². The molecule has 12 heteroatoms. The summed E-state index contributed by atoms with van der Waals surface area (Å²) in [4.78, 5) is 30.4. The highest BCUT2D eigenvalue weighted by Gasteiger charge is 2.41. The first-order valence-corrected chi connectivity index (χ1v) is 16.0. The molecule has 2 aliphatic rings. The number of imidazole rings is 1. The lowest BCUT2D eigenvalue weighted by Crippen LogP contribution is -2.50. The average Bonchev–Trinajstić information content (AvgIpc) is 3.62. The third-order valence-electron chi connectivity index (χ3n) is 7.96. The molecule has 2 aromatic carbocycles. The van der Waals surface area contributed by atoms with Crippen LogP contribution in [-0.4, -0.2) is 85.9 Å². The lowest BCUT2D eigenvalue weighted by atomic mass is 10.2. The highest BCUT2D eigenvalue weighted by atomic mass is 35.5. The number of benzene rings is 2. The molecule has 2 fully saturated rings. The Kier molecular flexibility index (Phi) is 8.83. The number of ether oxygens (including phenoxy) is 3. The fourth-order valence-electron chi connectivity index (χ4n) is 5.20. The molecule has 0 atom stereocenters. The SMILES string of the molecule is CC(C)(C)OC(=O)N1CCN(CCOc2ccc(-c3nc4c(OC5(C)CC5)ncnc4n3Cc3ccccc3)c(Cl)c2Cl)CC1. The van der Waals surface area contributed by atoms with Crippen molar-refractivity contribution in [3.63, 3.8) is 0 Å². The Balaban J connectivity index is 1.18. The molecule has 1 saturated carbocycles. The Morgan fingerprint density at radius 2 is 1.71 bits per heavy atom. The maximum atomic E-state index is 12.4. The summed E-state index contributed by atoms with van der Waals surface area (Å²) in [7, 11) is 0. The fourth-order valence-corrected chi connectivity index (χ4v) is 5.66. The van der Waals surface area contributed by atoms with Crippen LogP contribution < -0.4 is 9.47 Å². The van der Waals surface area contributed by atoms with Gasteiger partial charge in [0.2, 0.25) is 5.88 Å². The van der Waals surface area contributed by atoms with E-state index in [0.717, 1.165) is 31.5 Å². The first kappa shape index (κ1) is 31.4. The van der Waals surface area contributed by atoms with Crippen LogP contribution in [0.3, 0.4) is 0 Å². The van der Waals surface area contributed by atoms with Crippen LogP contribution in [0.15, 0.2) is 48.8 Å². The molecule has 1 aliphatic heterocycles. The molecular formula is C33H38Cl2N6O4. The second-order valence-electron chi connectivity index (χ2n) is 12.8. The van der Waals surface area contributed by atoms with Gasteiger partial charge in [-0.05, 0) is 58.2 Å². The molecule has 2 aromatic heterocycles. The van der Waals surface area contributed by atoms with Crippen LogP contribution in [0.25, 0.3) is 22.6 Å². The molecule has 0 bridgehead atoms. The van der Waals surface area contributed by atoms with Gasteiger partial charge >= 0.3 is 6.09 Å². The molecule has 10 nitrogen and oxygen atoms in total. The zero-order valence-electron chi connectivity index (χ0n) is 26.1. The molecule has 6 rings (SSSR count). The normalized spacial score (nSPS) is 16.5. The van der Waals surface area contributed by atoms with Crippen LogP contribution in [0.5, 0.6) is 11.6 Å². The molecule has 0 spiro atoms. The number of piperazine rings is 1. The Morgan fingerprint density at radius 1 is 0.978 bits per heavy atom. The molecule has 238 valence electrons. The molecule has 0 N–H and O–H groups in total. The molecule has 45 heavy (non-hydrogen) atoms. The quantitative estimate of drug-likeness (QED) is 0.197. The Bertz CT molecular complexity index is 1680. The Morgan fingerprint density at radius 3 is 2.40 bits per heavy atom. The smallest absolute Gasteiger partial charge is 0.410 e. The second-order valence-corrected chi connectivity index (χ2v) is 13.6. The molecule has 3 heterocycles. The van der Waals surface area contributed by atoms with E-state index in [0.29, 0.717) is 77.0 Å². The van der Waals surface area contributed by atoms with Crippen LogP contribution in [0.2, 0.25) is 10.0 Å². The lowest BCUT2D eigenvalue weighted by molar-refractivity contribution is 0.0137. The van der Waals surface area contributed by atoms with Crippen LogP contribution in [0.4, 0.5) is 4.79 Å². The van der Waals surface area contributed by atoms with Crippen molar-refractivity contribution in [2.24, 2.45) is 0 Å². The van der Waals surface area contributed by atoms with Crippen molar-refractivity contribution < 1.29 is 19.0 Å². The fraction of sp³-hybridized carbons (Fsp3) is 0.455. The van der Waals surface area contributed by atoms with Gasteiger partial charge in [-0.25, -0.2) is 14.8 Å². The summed E-state index contributed by atoms with van der Waals surface area (Å²) in [6, 6.07) is 13.8. The number of halogens is 2. The van der Waals surface area contributed by atoms with E-state index in [1.807, 2.05) is 55.7 Å². The molecular weight excluding hydrogens is 615 g/mol. The Hall–Kier alpha value is -3.60. The van der Waals surface area contributed by atoms with Gasteiger partial charge in [0.25, 0.3) is 0 Å². The predicted molar refractivity (Wildman–Crippen MR) is 174 cm³/mol. The van der Waals surface area contributed by atoms with Crippen molar-refractivity contribution in [2.75, 3.05) is 39.3 Å². The zero-order chi connectivity index (χ0) is 31.8. The molecule has 0 radical (unpaired) electrons. The number of fused-ring (bicyclic) bond motifs is 1.